The zero-order chi connectivity index (χ0) is 14.5. The van der Waals surface area contributed by atoms with Crippen LogP contribution in [0, 0.1) is 0 Å². The van der Waals surface area contributed by atoms with Crippen molar-refractivity contribution in [1.82, 2.24) is 20.3 Å². The highest BCUT2D eigenvalue weighted by molar-refractivity contribution is 5.85. The first kappa shape index (κ1) is 13.6. The van der Waals surface area contributed by atoms with Crippen LogP contribution in [0.2, 0.25) is 0 Å². The standard InChI is InChI=1S/C17H18N4/c1-2-7-21-17(14-9-19-12-20-10-14)16-11-18-8-13-5-3-4-6-15(13)16/h3-6,8-12,17,21H,2,7H2,1H3. The van der Waals surface area contributed by atoms with Crippen molar-refractivity contribution in [2.45, 2.75) is 19.4 Å². The molecule has 3 rings (SSSR count). The number of hydrogen-bond donors (Lipinski definition) is 1. The van der Waals surface area contributed by atoms with Crippen LogP contribution in [-0.2, 0) is 0 Å². The van der Waals surface area contributed by atoms with Crippen molar-refractivity contribution in [3.8, 4) is 0 Å². The minimum Gasteiger partial charge on any atom is -0.306 e. The van der Waals surface area contributed by atoms with Gasteiger partial charge >= 0.3 is 0 Å². The van der Waals surface area contributed by atoms with Gasteiger partial charge in [-0.25, -0.2) is 9.97 Å². The lowest BCUT2D eigenvalue weighted by molar-refractivity contribution is 0.596. The molecule has 1 aromatic carbocycles. The van der Waals surface area contributed by atoms with E-state index in [9.17, 15) is 0 Å². The van der Waals surface area contributed by atoms with Gasteiger partial charge in [0.05, 0.1) is 6.04 Å². The Morgan fingerprint density at radius 2 is 1.81 bits per heavy atom. The third-order valence-electron chi connectivity index (χ3n) is 3.52. The first-order chi connectivity index (χ1) is 10.4. The summed E-state index contributed by atoms with van der Waals surface area (Å²) < 4.78 is 0. The third kappa shape index (κ3) is 2.90. The summed E-state index contributed by atoms with van der Waals surface area (Å²) in [5.74, 6) is 0. The molecule has 0 saturated carbocycles. The molecule has 1 N–H and O–H groups in total. The van der Waals surface area contributed by atoms with Gasteiger partial charge < -0.3 is 5.32 Å². The number of rotatable bonds is 5. The van der Waals surface area contributed by atoms with Gasteiger partial charge in [0, 0.05) is 35.7 Å². The van der Waals surface area contributed by atoms with Crippen molar-refractivity contribution >= 4 is 10.8 Å². The highest BCUT2D eigenvalue weighted by atomic mass is 14.9. The SMILES string of the molecule is CCCNC(c1cncnc1)c1cncc2ccccc12. The molecule has 4 heteroatoms. The molecule has 1 unspecified atom stereocenters. The Balaban J connectivity index is 2.10. The fourth-order valence-electron chi connectivity index (χ4n) is 2.53. The summed E-state index contributed by atoms with van der Waals surface area (Å²) in [6, 6.07) is 8.38. The van der Waals surface area contributed by atoms with E-state index in [0.29, 0.717) is 0 Å². The van der Waals surface area contributed by atoms with Crippen molar-refractivity contribution in [1.29, 1.82) is 0 Å². The van der Waals surface area contributed by atoms with E-state index in [1.807, 2.05) is 30.9 Å². The number of nitrogens with zero attached hydrogens (tertiary/aromatic N) is 3. The quantitative estimate of drug-likeness (QED) is 0.779. The van der Waals surface area contributed by atoms with Crippen molar-refractivity contribution in [2.75, 3.05) is 6.54 Å². The summed E-state index contributed by atoms with van der Waals surface area (Å²) in [7, 11) is 0. The molecule has 0 amide bonds. The van der Waals surface area contributed by atoms with Crippen LogP contribution in [0.3, 0.4) is 0 Å². The molecular formula is C17H18N4. The van der Waals surface area contributed by atoms with Crippen LogP contribution in [0.15, 0.2) is 55.4 Å². The lowest BCUT2D eigenvalue weighted by Crippen LogP contribution is -2.23. The molecule has 0 aliphatic carbocycles. The van der Waals surface area contributed by atoms with Gasteiger partial charge in [0.15, 0.2) is 0 Å². The van der Waals surface area contributed by atoms with Gasteiger partial charge in [0.1, 0.15) is 6.33 Å². The van der Waals surface area contributed by atoms with E-state index in [-0.39, 0.29) is 6.04 Å². The second kappa shape index (κ2) is 6.41. The molecule has 0 bridgehead atoms. The molecule has 2 heterocycles. The number of benzene rings is 1. The van der Waals surface area contributed by atoms with Gasteiger partial charge in [-0.2, -0.15) is 0 Å². The summed E-state index contributed by atoms with van der Waals surface area (Å²) in [6.07, 6.45) is 10.2. The second-order valence-electron chi connectivity index (χ2n) is 5.01. The molecule has 1 atom stereocenters. The zero-order valence-electron chi connectivity index (χ0n) is 12.0. The van der Waals surface area contributed by atoms with Crippen molar-refractivity contribution in [3.63, 3.8) is 0 Å². The maximum atomic E-state index is 4.39. The summed E-state index contributed by atoms with van der Waals surface area (Å²) in [5, 5.41) is 5.94. The second-order valence-corrected chi connectivity index (χ2v) is 5.01. The molecule has 106 valence electrons. The molecule has 21 heavy (non-hydrogen) atoms. The van der Waals surface area contributed by atoms with Gasteiger partial charge in [0.25, 0.3) is 0 Å². The van der Waals surface area contributed by atoms with E-state index in [0.717, 1.165) is 29.5 Å². The number of hydrogen-bond acceptors (Lipinski definition) is 4. The van der Waals surface area contributed by atoms with Crippen LogP contribution < -0.4 is 5.32 Å². The van der Waals surface area contributed by atoms with E-state index in [1.165, 1.54) is 5.39 Å². The normalized spacial score (nSPS) is 12.4. The van der Waals surface area contributed by atoms with Gasteiger partial charge in [-0.15, -0.1) is 0 Å². The number of fused-ring (bicyclic) bond motifs is 1. The van der Waals surface area contributed by atoms with E-state index >= 15 is 0 Å². The fraction of sp³-hybridized carbons (Fsp3) is 0.235. The predicted octanol–water partition coefficient (Wildman–Crippen LogP) is 3.11. The largest absolute Gasteiger partial charge is 0.306 e. The molecule has 0 spiro atoms. The average molecular weight is 278 g/mol. The van der Waals surface area contributed by atoms with Crippen molar-refractivity contribution in [3.05, 3.63) is 66.5 Å². The molecule has 0 saturated heterocycles. The molecule has 0 aliphatic rings. The molecule has 0 aliphatic heterocycles. The van der Waals surface area contributed by atoms with Gasteiger partial charge in [-0.1, -0.05) is 31.2 Å². The molecule has 0 fully saturated rings. The van der Waals surface area contributed by atoms with Crippen LogP contribution in [-0.4, -0.2) is 21.5 Å². The van der Waals surface area contributed by atoms with Crippen LogP contribution in [0.1, 0.15) is 30.5 Å². The van der Waals surface area contributed by atoms with E-state index in [4.69, 9.17) is 0 Å². The fourth-order valence-corrected chi connectivity index (χ4v) is 2.53. The molecule has 4 nitrogen and oxygen atoms in total. The Hall–Kier alpha value is -2.33. The van der Waals surface area contributed by atoms with Crippen LogP contribution >= 0.6 is 0 Å². The lowest BCUT2D eigenvalue weighted by Gasteiger charge is -2.20. The van der Waals surface area contributed by atoms with Crippen LogP contribution in [0.25, 0.3) is 10.8 Å². The number of pyridine rings is 1. The lowest BCUT2D eigenvalue weighted by atomic mass is 9.97. The summed E-state index contributed by atoms with van der Waals surface area (Å²) in [4.78, 5) is 12.7. The maximum Gasteiger partial charge on any atom is 0.115 e. The molecule has 0 radical (unpaired) electrons. The van der Waals surface area contributed by atoms with E-state index < -0.39 is 0 Å². The first-order valence-electron chi connectivity index (χ1n) is 7.21. The minimum atomic E-state index is 0.0600. The highest BCUT2D eigenvalue weighted by Gasteiger charge is 2.16. The van der Waals surface area contributed by atoms with Crippen molar-refractivity contribution < 1.29 is 0 Å². The van der Waals surface area contributed by atoms with Gasteiger partial charge in [0.2, 0.25) is 0 Å². The van der Waals surface area contributed by atoms with Crippen LogP contribution in [0.5, 0.6) is 0 Å². The van der Waals surface area contributed by atoms with E-state index in [1.54, 1.807) is 6.33 Å². The Bertz CT molecular complexity index is 707. The summed E-state index contributed by atoms with van der Waals surface area (Å²) >= 11 is 0. The molecule has 2 aromatic heterocycles. The highest BCUT2D eigenvalue weighted by Crippen LogP contribution is 2.27. The topological polar surface area (TPSA) is 50.7 Å². The van der Waals surface area contributed by atoms with E-state index in [2.05, 4.69) is 45.4 Å². The monoisotopic (exact) mass is 278 g/mol. The third-order valence-corrected chi connectivity index (χ3v) is 3.52. The Labute approximate surface area is 124 Å². The molecule has 3 aromatic rings. The average Bonchev–Trinajstić information content (AvgIpc) is 2.56. The Morgan fingerprint density at radius 3 is 2.62 bits per heavy atom. The first-order valence-corrected chi connectivity index (χ1v) is 7.21. The van der Waals surface area contributed by atoms with Crippen molar-refractivity contribution in [2.24, 2.45) is 0 Å². The predicted molar refractivity (Wildman–Crippen MR) is 83.9 cm³/mol. The summed E-state index contributed by atoms with van der Waals surface area (Å²) in [5.41, 5.74) is 2.22. The number of aromatic nitrogens is 3. The number of nitrogens with one attached hydrogen (secondary N) is 1. The zero-order valence-corrected chi connectivity index (χ0v) is 12.0. The summed E-state index contributed by atoms with van der Waals surface area (Å²) in [6.45, 7) is 3.09. The Kier molecular flexibility index (Phi) is 4.17. The molecular weight excluding hydrogens is 260 g/mol. The Morgan fingerprint density at radius 1 is 1.00 bits per heavy atom. The maximum absolute atomic E-state index is 4.39. The smallest absolute Gasteiger partial charge is 0.115 e. The van der Waals surface area contributed by atoms with Gasteiger partial charge in [-0.3, -0.25) is 4.98 Å². The van der Waals surface area contributed by atoms with Crippen LogP contribution in [0.4, 0.5) is 0 Å². The minimum absolute atomic E-state index is 0.0600. The van der Waals surface area contributed by atoms with Gasteiger partial charge in [-0.05, 0) is 23.9 Å².